The Morgan fingerprint density at radius 3 is 1.95 bits per heavy atom. The van der Waals surface area contributed by atoms with Crippen LogP contribution in [0.2, 0.25) is 0 Å². The first kappa shape index (κ1) is 28.6. The molecule has 8 nitrogen and oxygen atoms in total. The Balaban J connectivity index is 1.26. The lowest BCUT2D eigenvalue weighted by Gasteiger charge is -2.39. The predicted octanol–water partition coefficient (Wildman–Crippen LogP) is 4.42. The molecule has 0 spiro atoms. The molecule has 5 aromatic rings. The molecule has 0 saturated carbocycles. The molecule has 1 amide bonds. The van der Waals surface area contributed by atoms with Gasteiger partial charge in [-0.15, -0.1) is 0 Å². The van der Waals surface area contributed by atoms with Gasteiger partial charge in [-0.1, -0.05) is 78.9 Å². The second kappa shape index (κ2) is 11.6. The number of nitrogens with zero attached hydrogens (tertiary/aromatic N) is 4. The number of para-hydroxylation sites is 2. The first-order chi connectivity index (χ1) is 20.8. The molecule has 0 bridgehead atoms. The molecule has 0 aliphatic carbocycles. The van der Waals surface area contributed by atoms with Gasteiger partial charge in [0.05, 0.1) is 22.0 Å². The molecule has 4 aromatic carbocycles. The molecule has 1 aliphatic rings. The van der Waals surface area contributed by atoms with Crippen molar-refractivity contribution in [2.75, 3.05) is 26.2 Å². The van der Waals surface area contributed by atoms with Crippen molar-refractivity contribution in [3.05, 3.63) is 136 Å². The number of carbonyl (C=O) groups is 1. The highest BCUT2D eigenvalue weighted by Crippen LogP contribution is 2.30. The number of piperazine rings is 1. The highest BCUT2D eigenvalue weighted by Gasteiger charge is 2.31. The van der Waals surface area contributed by atoms with E-state index >= 15 is 0 Å². The normalized spacial score (nSPS) is 14.4. The number of hydrogen-bond donors (Lipinski definition) is 0. The minimum atomic E-state index is -4.45. The van der Waals surface area contributed by atoms with Crippen molar-refractivity contribution in [3.8, 4) is 0 Å². The molecular weight excluding hydrogens is 567 g/mol. The van der Waals surface area contributed by atoms with Gasteiger partial charge >= 0.3 is 5.69 Å². The highest BCUT2D eigenvalue weighted by atomic mass is 32.2. The van der Waals surface area contributed by atoms with E-state index in [0.29, 0.717) is 41.2 Å². The van der Waals surface area contributed by atoms with Crippen LogP contribution in [0.3, 0.4) is 0 Å². The zero-order valence-electron chi connectivity index (χ0n) is 23.6. The molecule has 0 N–H and O–H groups in total. The van der Waals surface area contributed by atoms with Gasteiger partial charge in [0, 0.05) is 26.2 Å². The van der Waals surface area contributed by atoms with E-state index in [2.05, 4.69) is 29.2 Å². The summed E-state index contributed by atoms with van der Waals surface area (Å²) in [7, 11) is -4.45. The molecule has 10 heteroatoms. The zero-order chi connectivity index (χ0) is 30.1. The number of carbonyl (C=O) groups excluding carboxylic acids is 1. The van der Waals surface area contributed by atoms with Crippen molar-refractivity contribution in [2.45, 2.75) is 24.4 Å². The van der Waals surface area contributed by atoms with Crippen LogP contribution < -0.4 is 5.69 Å². The molecule has 220 valence electrons. The molecule has 2 heterocycles. The van der Waals surface area contributed by atoms with E-state index in [0.717, 1.165) is 6.07 Å². The molecule has 0 radical (unpaired) electrons. The fourth-order valence-corrected chi connectivity index (χ4v) is 7.52. The summed E-state index contributed by atoms with van der Waals surface area (Å²) in [6, 6.07) is 30.4. The van der Waals surface area contributed by atoms with Gasteiger partial charge in [-0.3, -0.25) is 14.3 Å². The summed E-state index contributed by atoms with van der Waals surface area (Å²) in [5.74, 6) is -1.00. The number of amides is 1. The summed E-state index contributed by atoms with van der Waals surface area (Å²) < 4.78 is 43.2. The Bertz CT molecular complexity index is 1910. The third kappa shape index (κ3) is 5.39. The van der Waals surface area contributed by atoms with Crippen LogP contribution >= 0.6 is 0 Å². The summed E-state index contributed by atoms with van der Waals surface area (Å²) in [6.07, 6.45) is 0. The molecule has 0 atom stereocenters. The fourth-order valence-electron chi connectivity index (χ4n) is 5.86. The molecule has 1 fully saturated rings. The van der Waals surface area contributed by atoms with Gasteiger partial charge in [-0.2, -0.15) is 3.97 Å². The van der Waals surface area contributed by atoms with Crippen molar-refractivity contribution in [2.24, 2.45) is 0 Å². The Kier molecular flexibility index (Phi) is 7.72. The van der Waals surface area contributed by atoms with Crippen molar-refractivity contribution in [1.29, 1.82) is 0 Å². The smallest absolute Gasteiger partial charge is 0.339 e. The van der Waals surface area contributed by atoms with E-state index in [1.165, 1.54) is 33.9 Å². The quantitative estimate of drug-likeness (QED) is 0.277. The highest BCUT2D eigenvalue weighted by molar-refractivity contribution is 7.90. The number of imidazole rings is 1. The van der Waals surface area contributed by atoms with Crippen LogP contribution in [0.1, 0.15) is 22.7 Å². The molecular formula is C33H31FN4O4S. The Labute approximate surface area is 249 Å². The molecule has 0 unspecified atom stereocenters. The van der Waals surface area contributed by atoms with E-state index in [4.69, 9.17) is 0 Å². The van der Waals surface area contributed by atoms with Gasteiger partial charge in [0.1, 0.15) is 12.4 Å². The Hall–Kier alpha value is -4.54. The topological polar surface area (TPSA) is 84.6 Å². The fraction of sp³-hybridized carbons (Fsp3) is 0.212. The summed E-state index contributed by atoms with van der Waals surface area (Å²) >= 11 is 0. The number of aryl methyl sites for hydroxylation is 1. The number of halogens is 1. The molecule has 1 aromatic heterocycles. The minimum Gasteiger partial charge on any atom is -0.339 e. The lowest BCUT2D eigenvalue weighted by Crippen LogP contribution is -2.51. The van der Waals surface area contributed by atoms with Crippen molar-refractivity contribution in [3.63, 3.8) is 0 Å². The summed E-state index contributed by atoms with van der Waals surface area (Å²) in [4.78, 5) is 31.0. The van der Waals surface area contributed by atoms with Gasteiger partial charge in [-0.25, -0.2) is 17.6 Å². The van der Waals surface area contributed by atoms with Crippen molar-refractivity contribution >= 4 is 27.0 Å². The molecule has 43 heavy (non-hydrogen) atoms. The molecule has 1 aliphatic heterocycles. The summed E-state index contributed by atoms with van der Waals surface area (Å²) in [5, 5.41) is 0. The van der Waals surface area contributed by atoms with Crippen molar-refractivity contribution in [1.82, 2.24) is 18.3 Å². The maximum absolute atomic E-state index is 14.1. The predicted molar refractivity (Wildman–Crippen MR) is 163 cm³/mol. The Morgan fingerprint density at radius 2 is 1.35 bits per heavy atom. The Morgan fingerprint density at radius 1 is 0.791 bits per heavy atom. The number of aromatic nitrogens is 2. The SMILES string of the molecule is Cc1ccc(F)cc1S(=O)(=O)n1c(=O)n(CC(=O)N2CCN(C(c3ccccc3)c3ccccc3)CC2)c2ccccc21. The van der Waals surface area contributed by atoms with Gasteiger partial charge in [0.15, 0.2) is 0 Å². The second-order valence-corrected chi connectivity index (χ2v) is 12.4. The van der Waals surface area contributed by atoms with E-state index in [1.54, 1.807) is 30.0 Å². The van der Waals surface area contributed by atoms with Crippen LogP contribution in [-0.2, 0) is 21.4 Å². The van der Waals surface area contributed by atoms with Gasteiger partial charge < -0.3 is 4.90 Å². The van der Waals surface area contributed by atoms with Gasteiger partial charge in [0.2, 0.25) is 5.91 Å². The first-order valence-corrected chi connectivity index (χ1v) is 15.5. The lowest BCUT2D eigenvalue weighted by atomic mass is 9.96. The molecule has 6 rings (SSSR count). The van der Waals surface area contributed by atoms with Gasteiger partial charge in [0.25, 0.3) is 10.0 Å². The van der Waals surface area contributed by atoms with E-state index in [-0.39, 0.29) is 28.9 Å². The largest absolute Gasteiger partial charge is 0.343 e. The number of fused-ring (bicyclic) bond motifs is 1. The van der Waals surface area contributed by atoms with Crippen LogP contribution in [0.5, 0.6) is 0 Å². The lowest BCUT2D eigenvalue weighted by molar-refractivity contribution is -0.133. The third-order valence-corrected chi connectivity index (χ3v) is 9.85. The average molecular weight is 599 g/mol. The monoisotopic (exact) mass is 598 g/mol. The van der Waals surface area contributed by atoms with Crippen LogP contribution in [-0.4, -0.2) is 58.8 Å². The van der Waals surface area contributed by atoms with Gasteiger partial charge in [-0.05, 0) is 47.9 Å². The van der Waals surface area contributed by atoms with E-state index < -0.39 is 21.5 Å². The minimum absolute atomic E-state index is 0.0386. The van der Waals surface area contributed by atoms with Crippen LogP contribution in [0.15, 0.2) is 113 Å². The number of benzene rings is 4. The van der Waals surface area contributed by atoms with E-state index in [1.807, 2.05) is 36.4 Å². The standard InChI is InChI=1S/C33H31FN4O4S/c1-24-16-17-27(34)22-30(24)43(41,42)38-29-15-9-8-14-28(29)37(33(38)40)23-31(39)35-18-20-36(21-19-35)32(25-10-4-2-5-11-25)26-12-6-3-7-13-26/h2-17,22,32H,18-21,23H2,1H3. The zero-order valence-corrected chi connectivity index (χ0v) is 24.5. The van der Waals surface area contributed by atoms with Crippen LogP contribution in [0.4, 0.5) is 4.39 Å². The van der Waals surface area contributed by atoms with Crippen LogP contribution in [0.25, 0.3) is 11.0 Å². The maximum Gasteiger partial charge on any atom is 0.343 e. The van der Waals surface area contributed by atoms with Crippen molar-refractivity contribution < 1.29 is 17.6 Å². The number of hydrogen-bond acceptors (Lipinski definition) is 5. The second-order valence-electron chi connectivity index (χ2n) is 10.7. The average Bonchev–Trinajstić information content (AvgIpc) is 3.31. The molecule has 1 saturated heterocycles. The maximum atomic E-state index is 14.1. The van der Waals surface area contributed by atoms with Crippen LogP contribution in [0, 0.1) is 12.7 Å². The third-order valence-electron chi connectivity index (χ3n) is 8.02. The summed E-state index contributed by atoms with van der Waals surface area (Å²) in [6.45, 7) is 3.41. The number of rotatable bonds is 7. The van der Waals surface area contributed by atoms with E-state index in [9.17, 15) is 22.4 Å². The first-order valence-electron chi connectivity index (χ1n) is 14.1. The summed E-state index contributed by atoms with van der Waals surface area (Å²) in [5.41, 5.74) is 2.21.